The van der Waals surface area contributed by atoms with Gasteiger partial charge in [0.25, 0.3) is 0 Å². The van der Waals surface area contributed by atoms with Crippen molar-refractivity contribution in [1.82, 2.24) is 0 Å². The van der Waals surface area contributed by atoms with Crippen molar-refractivity contribution in [3.05, 3.63) is 48.5 Å². The normalized spacial score (nSPS) is 14.5. The fourth-order valence-corrected chi connectivity index (χ4v) is 3.01. The zero-order valence-corrected chi connectivity index (χ0v) is 15.1. The maximum absolute atomic E-state index is 12.0. The van der Waals surface area contributed by atoms with E-state index in [0.717, 1.165) is 24.3 Å². The molecule has 1 saturated carbocycles. The van der Waals surface area contributed by atoms with Gasteiger partial charge in [-0.25, -0.2) is 4.79 Å². The molecule has 138 valence electrons. The number of hydrogen-bond donors (Lipinski definition) is 1. The van der Waals surface area contributed by atoms with Gasteiger partial charge >= 0.3 is 6.09 Å². The first kappa shape index (κ1) is 18.1. The molecule has 0 unspecified atom stereocenters. The lowest BCUT2D eigenvalue weighted by Gasteiger charge is -2.23. The Kier molecular flexibility index (Phi) is 6.36. The van der Waals surface area contributed by atoms with Crippen molar-refractivity contribution < 1.29 is 19.0 Å². The summed E-state index contributed by atoms with van der Waals surface area (Å²) in [7, 11) is 0. The third-order valence-electron chi connectivity index (χ3n) is 4.30. The van der Waals surface area contributed by atoms with Crippen LogP contribution < -0.4 is 19.5 Å². The van der Waals surface area contributed by atoms with E-state index in [1.165, 1.54) is 19.3 Å². The van der Waals surface area contributed by atoms with Gasteiger partial charge in [-0.05, 0) is 81.1 Å². The first-order chi connectivity index (χ1) is 12.7. The van der Waals surface area contributed by atoms with Crippen LogP contribution in [0.1, 0.15) is 39.0 Å². The van der Waals surface area contributed by atoms with E-state index in [1.54, 1.807) is 36.4 Å². The largest absolute Gasteiger partial charge is 0.494 e. The topological polar surface area (TPSA) is 56.8 Å². The molecule has 5 nitrogen and oxygen atoms in total. The average molecular weight is 355 g/mol. The molecule has 1 aliphatic carbocycles. The third-order valence-corrected chi connectivity index (χ3v) is 4.30. The average Bonchev–Trinajstić information content (AvgIpc) is 2.66. The summed E-state index contributed by atoms with van der Waals surface area (Å²) in [5, 5.41) is 2.69. The van der Waals surface area contributed by atoms with E-state index in [-0.39, 0.29) is 0 Å². The van der Waals surface area contributed by atoms with E-state index in [2.05, 4.69) is 5.32 Å². The Bertz CT molecular complexity index is 691. The van der Waals surface area contributed by atoms with Crippen LogP contribution in [0.2, 0.25) is 0 Å². The highest BCUT2D eigenvalue weighted by molar-refractivity contribution is 5.86. The second-order valence-corrected chi connectivity index (χ2v) is 6.32. The number of rotatable bonds is 6. The number of carbonyl (C=O) groups excluding carboxylic acids is 1. The molecule has 0 radical (unpaired) electrons. The summed E-state index contributed by atoms with van der Waals surface area (Å²) in [6.45, 7) is 2.53. The summed E-state index contributed by atoms with van der Waals surface area (Å²) in [6, 6.07) is 14.3. The third kappa shape index (κ3) is 5.41. The van der Waals surface area contributed by atoms with Crippen molar-refractivity contribution in [3.8, 4) is 17.2 Å². The lowest BCUT2D eigenvalue weighted by molar-refractivity contribution is 0.155. The molecular weight excluding hydrogens is 330 g/mol. The fourth-order valence-electron chi connectivity index (χ4n) is 3.01. The summed E-state index contributed by atoms with van der Waals surface area (Å²) >= 11 is 0. The summed E-state index contributed by atoms with van der Waals surface area (Å²) in [5.74, 6) is 2.06. The van der Waals surface area contributed by atoms with Crippen LogP contribution in [0.15, 0.2) is 48.5 Å². The molecule has 0 saturated heterocycles. The number of benzene rings is 2. The number of anilines is 1. The van der Waals surface area contributed by atoms with Gasteiger partial charge in [-0.2, -0.15) is 0 Å². The van der Waals surface area contributed by atoms with Gasteiger partial charge in [-0.3, -0.25) is 5.32 Å². The monoisotopic (exact) mass is 355 g/mol. The van der Waals surface area contributed by atoms with Crippen LogP contribution in [0.3, 0.4) is 0 Å². The molecule has 0 heterocycles. The Balaban J connectivity index is 1.49. The van der Waals surface area contributed by atoms with Crippen molar-refractivity contribution in [2.45, 2.75) is 45.1 Å². The molecule has 2 aromatic carbocycles. The number of amides is 1. The number of hydrogen-bond acceptors (Lipinski definition) is 4. The maximum Gasteiger partial charge on any atom is 0.417 e. The molecular formula is C21H25NO4. The van der Waals surface area contributed by atoms with E-state index in [4.69, 9.17) is 14.2 Å². The number of nitrogens with one attached hydrogen (secondary N) is 1. The van der Waals surface area contributed by atoms with E-state index < -0.39 is 6.09 Å². The molecule has 0 spiro atoms. The molecule has 5 heteroatoms. The van der Waals surface area contributed by atoms with Crippen LogP contribution in [-0.4, -0.2) is 18.8 Å². The van der Waals surface area contributed by atoms with Crippen LogP contribution >= 0.6 is 0 Å². The molecule has 3 rings (SSSR count). The summed E-state index contributed by atoms with van der Waals surface area (Å²) in [5.41, 5.74) is 0.649. The molecule has 0 bridgehead atoms. The molecule has 26 heavy (non-hydrogen) atoms. The molecule has 0 atom stereocenters. The van der Waals surface area contributed by atoms with Gasteiger partial charge in [0.05, 0.1) is 12.7 Å². The quantitative estimate of drug-likeness (QED) is 0.753. The van der Waals surface area contributed by atoms with E-state index in [0.29, 0.717) is 24.1 Å². The van der Waals surface area contributed by atoms with Crippen molar-refractivity contribution in [2.24, 2.45) is 0 Å². The molecule has 2 aromatic rings. The number of ether oxygens (including phenoxy) is 3. The lowest BCUT2D eigenvalue weighted by atomic mass is 9.98. The second kappa shape index (κ2) is 9.13. The van der Waals surface area contributed by atoms with Crippen molar-refractivity contribution in [3.63, 3.8) is 0 Å². The van der Waals surface area contributed by atoms with E-state index in [1.807, 2.05) is 19.1 Å². The van der Waals surface area contributed by atoms with Gasteiger partial charge in [0.1, 0.15) is 17.2 Å². The Morgan fingerprint density at radius 1 is 0.923 bits per heavy atom. The SMILES string of the molecule is CCOc1ccc(NC(=O)Oc2ccc(OC3CCCCC3)cc2)cc1. The van der Waals surface area contributed by atoms with Gasteiger partial charge < -0.3 is 14.2 Å². The predicted molar refractivity (Wildman–Crippen MR) is 101 cm³/mol. The fraction of sp³-hybridized carbons (Fsp3) is 0.381. The lowest BCUT2D eigenvalue weighted by Crippen LogP contribution is -2.19. The van der Waals surface area contributed by atoms with Crippen LogP contribution in [0.4, 0.5) is 10.5 Å². The summed E-state index contributed by atoms with van der Waals surface area (Å²) in [4.78, 5) is 12.0. The Morgan fingerprint density at radius 3 is 2.19 bits per heavy atom. The van der Waals surface area contributed by atoms with Gasteiger partial charge in [-0.1, -0.05) is 6.42 Å². The smallest absolute Gasteiger partial charge is 0.417 e. The minimum Gasteiger partial charge on any atom is -0.494 e. The van der Waals surface area contributed by atoms with Crippen molar-refractivity contribution in [2.75, 3.05) is 11.9 Å². The van der Waals surface area contributed by atoms with Crippen molar-refractivity contribution in [1.29, 1.82) is 0 Å². The standard InChI is InChI=1S/C21H25NO4/c1-2-24-17-10-8-16(9-11-17)22-21(23)26-20-14-12-19(13-15-20)25-18-6-4-3-5-7-18/h8-15,18H,2-7H2,1H3,(H,22,23). The van der Waals surface area contributed by atoms with E-state index >= 15 is 0 Å². The summed E-state index contributed by atoms with van der Waals surface area (Å²) in [6.07, 6.45) is 5.77. The molecule has 1 N–H and O–H groups in total. The highest BCUT2D eigenvalue weighted by Gasteiger charge is 2.15. The van der Waals surface area contributed by atoms with Gasteiger partial charge in [-0.15, -0.1) is 0 Å². The minimum absolute atomic E-state index is 0.304. The first-order valence-electron chi connectivity index (χ1n) is 9.21. The second-order valence-electron chi connectivity index (χ2n) is 6.32. The van der Waals surface area contributed by atoms with Crippen LogP contribution in [0.25, 0.3) is 0 Å². The Morgan fingerprint density at radius 2 is 1.54 bits per heavy atom. The van der Waals surface area contributed by atoms with E-state index in [9.17, 15) is 4.79 Å². The van der Waals surface area contributed by atoms with Crippen LogP contribution in [0.5, 0.6) is 17.2 Å². The van der Waals surface area contributed by atoms with Crippen LogP contribution in [-0.2, 0) is 0 Å². The highest BCUT2D eigenvalue weighted by atomic mass is 16.6. The van der Waals surface area contributed by atoms with Crippen LogP contribution in [0, 0.1) is 0 Å². The minimum atomic E-state index is -0.532. The molecule has 1 amide bonds. The van der Waals surface area contributed by atoms with Gasteiger partial charge in [0.2, 0.25) is 0 Å². The highest BCUT2D eigenvalue weighted by Crippen LogP contribution is 2.25. The van der Waals surface area contributed by atoms with Gasteiger partial charge in [0.15, 0.2) is 0 Å². The van der Waals surface area contributed by atoms with Gasteiger partial charge in [0, 0.05) is 5.69 Å². The first-order valence-corrected chi connectivity index (χ1v) is 9.21. The Hall–Kier alpha value is -2.69. The van der Waals surface area contributed by atoms with Crippen molar-refractivity contribution >= 4 is 11.8 Å². The zero-order valence-electron chi connectivity index (χ0n) is 15.1. The zero-order chi connectivity index (χ0) is 18.2. The summed E-state index contributed by atoms with van der Waals surface area (Å²) < 4.78 is 16.6. The maximum atomic E-state index is 12.0. The Labute approximate surface area is 154 Å². The molecule has 1 aliphatic rings. The molecule has 0 aromatic heterocycles. The number of carbonyl (C=O) groups is 1. The molecule has 0 aliphatic heterocycles. The molecule has 1 fully saturated rings. The predicted octanol–water partition coefficient (Wildman–Crippen LogP) is 5.41.